The highest BCUT2D eigenvalue weighted by Gasteiger charge is 2.26. The van der Waals surface area contributed by atoms with Crippen LogP contribution in [0.4, 0.5) is 0 Å². The van der Waals surface area contributed by atoms with Gasteiger partial charge in [-0.05, 0) is 64.1 Å². The van der Waals surface area contributed by atoms with Gasteiger partial charge in [0.1, 0.15) is 6.61 Å². The van der Waals surface area contributed by atoms with E-state index in [-0.39, 0.29) is 11.4 Å². The summed E-state index contributed by atoms with van der Waals surface area (Å²) in [5.74, 6) is -0.118. The lowest BCUT2D eigenvalue weighted by Crippen LogP contribution is -2.45. The van der Waals surface area contributed by atoms with E-state index in [0.29, 0.717) is 13.0 Å². The molecule has 0 N–H and O–H groups in total. The van der Waals surface area contributed by atoms with E-state index in [2.05, 4.69) is 74.9 Å². The zero-order chi connectivity index (χ0) is 23.6. The van der Waals surface area contributed by atoms with Crippen LogP contribution in [0.5, 0.6) is 0 Å². The second-order valence-electron chi connectivity index (χ2n) is 10.1. The van der Waals surface area contributed by atoms with Crippen molar-refractivity contribution < 1.29 is 9.53 Å². The molecule has 0 saturated carbocycles. The van der Waals surface area contributed by atoms with Crippen molar-refractivity contribution in [1.82, 2.24) is 9.80 Å². The third-order valence-electron chi connectivity index (χ3n) is 6.65. The number of esters is 1. The van der Waals surface area contributed by atoms with Crippen LogP contribution in [0.2, 0.25) is 0 Å². The fourth-order valence-electron chi connectivity index (χ4n) is 4.36. The molecule has 1 saturated heterocycles. The second-order valence-corrected chi connectivity index (χ2v) is 10.1. The number of piperazine rings is 1. The Morgan fingerprint density at radius 2 is 1.81 bits per heavy atom. The van der Waals surface area contributed by atoms with Crippen molar-refractivity contribution in [3.63, 3.8) is 0 Å². The predicted molar refractivity (Wildman–Crippen MR) is 136 cm³/mol. The Balaban J connectivity index is 1.73. The lowest BCUT2D eigenvalue weighted by Gasteiger charge is -2.32. The summed E-state index contributed by atoms with van der Waals surface area (Å²) >= 11 is 0. The molecule has 0 radical (unpaired) electrons. The van der Waals surface area contributed by atoms with Gasteiger partial charge in [-0.25, -0.2) is 0 Å². The fraction of sp³-hybridized carbons (Fsp3) is 0.607. The van der Waals surface area contributed by atoms with E-state index >= 15 is 0 Å². The van der Waals surface area contributed by atoms with Crippen LogP contribution in [0.25, 0.3) is 0 Å². The maximum atomic E-state index is 12.0. The van der Waals surface area contributed by atoms with Crippen LogP contribution >= 0.6 is 0 Å². The van der Waals surface area contributed by atoms with Crippen molar-refractivity contribution in [2.45, 2.75) is 60.3 Å². The molecule has 0 amide bonds. The molecule has 178 valence electrons. The number of allylic oxidation sites excluding steroid dienone is 9. The van der Waals surface area contributed by atoms with Gasteiger partial charge in [0.05, 0.1) is 6.42 Å². The molecule has 2 rings (SSSR count). The highest BCUT2D eigenvalue weighted by atomic mass is 16.5. The molecule has 4 heteroatoms. The van der Waals surface area contributed by atoms with E-state index in [0.717, 1.165) is 38.3 Å². The molecular formula is C28H44N2O2. The Hall–Kier alpha value is -1.91. The van der Waals surface area contributed by atoms with Gasteiger partial charge in [-0.3, -0.25) is 4.79 Å². The minimum Gasteiger partial charge on any atom is -0.461 e. The summed E-state index contributed by atoms with van der Waals surface area (Å²) in [7, 11) is 2.14. The van der Waals surface area contributed by atoms with Crippen molar-refractivity contribution in [1.29, 1.82) is 0 Å². The number of hydrogen-bond acceptors (Lipinski definition) is 4. The first-order valence-corrected chi connectivity index (χ1v) is 12.1. The fourth-order valence-corrected chi connectivity index (χ4v) is 4.36. The van der Waals surface area contributed by atoms with Crippen LogP contribution in [0.15, 0.2) is 58.7 Å². The van der Waals surface area contributed by atoms with Gasteiger partial charge in [0.15, 0.2) is 0 Å². The van der Waals surface area contributed by atoms with Crippen LogP contribution in [0.1, 0.15) is 60.3 Å². The van der Waals surface area contributed by atoms with E-state index in [1.807, 2.05) is 13.0 Å². The third-order valence-corrected chi connectivity index (χ3v) is 6.65. The molecule has 0 bridgehead atoms. The monoisotopic (exact) mass is 440 g/mol. The molecule has 1 heterocycles. The molecule has 0 spiro atoms. The first-order chi connectivity index (χ1) is 15.2. The molecule has 0 unspecified atom stereocenters. The molecule has 0 aromatic rings. The van der Waals surface area contributed by atoms with Crippen molar-refractivity contribution in [3.8, 4) is 0 Å². The van der Waals surface area contributed by atoms with Gasteiger partial charge in [0.25, 0.3) is 0 Å². The quantitative estimate of drug-likeness (QED) is 0.340. The maximum Gasteiger partial charge on any atom is 0.307 e. The lowest BCUT2D eigenvalue weighted by molar-refractivity contribution is -0.142. The number of carbonyl (C=O) groups is 1. The molecule has 32 heavy (non-hydrogen) atoms. The van der Waals surface area contributed by atoms with E-state index in [4.69, 9.17) is 4.74 Å². The minimum atomic E-state index is -0.118. The van der Waals surface area contributed by atoms with E-state index in [1.165, 1.54) is 36.0 Å². The summed E-state index contributed by atoms with van der Waals surface area (Å²) in [6.45, 7) is 16.5. The number of hydrogen-bond donors (Lipinski definition) is 0. The summed E-state index contributed by atoms with van der Waals surface area (Å²) in [6.07, 6.45) is 17.0. The molecule has 1 fully saturated rings. The smallest absolute Gasteiger partial charge is 0.307 e. The van der Waals surface area contributed by atoms with Crippen LogP contribution in [0, 0.1) is 5.41 Å². The molecule has 1 aliphatic heterocycles. The zero-order valence-electron chi connectivity index (χ0n) is 21.2. The van der Waals surface area contributed by atoms with Crippen molar-refractivity contribution >= 4 is 5.97 Å². The topological polar surface area (TPSA) is 32.8 Å². The van der Waals surface area contributed by atoms with E-state index in [9.17, 15) is 4.79 Å². The highest BCUT2D eigenvalue weighted by molar-refractivity contribution is 5.69. The van der Waals surface area contributed by atoms with Gasteiger partial charge in [-0.2, -0.15) is 0 Å². The number of nitrogens with zero attached hydrogens (tertiary/aromatic N) is 2. The number of rotatable bonds is 9. The summed E-state index contributed by atoms with van der Waals surface area (Å²) < 4.78 is 5.37. The van der Waals surface area contributed by atoms with Gasteiger partial charge >= 0.3 is 5.97 Å². The lowest BCUT2D eigenvalue weighted by atomic mass is 9.72. The SMILES string of the molecule is CC1=C(/C=C/C(C)=C/C=C/C(C)=C/COC(=O)CCN2CCN(C)CC2)C(C)(C)CCC1. The van der Waals surface area contributed by atoms with Gasteiger partial charge in [0, 0.05) is 32.7 Å². The Labute approximate surface area is 196 Å². The normalized spacial score (nSPS) is 21.7. The predicted octanol–water partition coefficient (Wildman–Crippen LogP) is 5.70. The Morgan fingerprint density at radius 1 is 1.09 bits per heavy atom. The van der Waals surface area contributed by atoms with Crippen LogP contribution in [-0.2, 0) is 9.53 Å². The number of carbonyl (C=O) groups excluding carboxylic acids is 1. The Bertz CT molecular complexity index is 775. The standard InChI is InChI=1S/C28H44N2O2/c1-23(12-13-26-25(3)11-8-16-28(26,4)5)9-7-10-24(2)15-22-32-27(31)14-17-30-20-18-29(6)19-21-30/h7,9-10,12-13,15H,8,11,14,16-22H2,1-6H3/b10-7+,13-12+,23-9+,24-15+. The van der Waals surface area contributed by atoms with Crippen molar-refractivity contribution in [2.75, 3.05) is 46.4 Å². The summed E-state index contributed by atoms with van der Waals surface area (Å²) in [5, 5.41) is 0. The van der Waals surface area contributed by atoms with Gasteiger partial charge in [-0.1, -0.05) is 60.9 Å². The number of ether oxygens (including phenoxy) is 1. The Kier molecular flexibility index (Phi) is 10.7. The van der Waals surface area contributed by atoms with Gasteiger partial charge in [0.2, 0.25) is 0 Å². The summed E-state index contributed by atoms with van der Waals surface area (Å²) in [6, 6.07) is 0. The zero-order valence-corrected chi connectivity index (χ0v) is 21.2. The average molecular weight is 441 g/mol. The van der Waals surface area contributed by atoms with Gasteiger partial charge < -0.3 is 14.5 Å². The minimum absolute atomic E-state index is 0.118. The molecule has 0 aromatic carbocycles. The van der Waals surface area contributed by atoms with Crippen molar-refractivity contribution in [2.24, 2.45) is 5.41 Å². The first kappa shape index (κ1) is 26.3. The van der Waals surface area contributed by atoms with Crippen LogP contribution < -0.4 is 0 Å². The molecule has 4 nitrogen and oxygen atoms in total. The highest BCUT2D eigenvalue weighted by Crippen LogP contribution is 2.40. The number of likely N-dealkylation sites (N-methyl/N-ethyl adjacent to an activating group) is 1. The third kappa shape index (κ3) is 9.30. The summed E-state index contributed by atoms with van der Waals surface area (Å²) in [5.41, 5.74) is 5.61. The second kappa shape index (κ2) is 13.0. The van der Waals surface area contributed by atoms with E-state index < -0.39 is 0 Å². The average Bonchev–Trinajstić information content (AvgIpc) is 2.72. The molecule has 2 aliphatic rings. The van der Waals surface area contributed by atoms with Gasteiger partial charge in [-0.15, -0.1) is 0 Å². The summed E-state index contributed by atoms with van der Waals surface area (Å²) in [4.78, 5) is 16.6. The Morgan fingerprint density at radius 3 is 2.50 bits per heavy atom. The molecule has 1 aliphatic carbocycles. The van der Waals surface area contributed by atoms with Crippen LogP contribution in [0.3, 0.4) is 0 Å². The largest absolute Gasteiger partial charge is 0.461 e. The van der Waals surface area contributed by atoms with E-state index in [1.54, 1.807) is 0 Å². The maximum absolute atomic E-state index is 12.0. The first-order valence-electron chi connectivity index (χ1n) is 12.1. The molecule has 0 atom stereocenters. The van der Waals surface area contributed by atoms with Crippen molar-refractivity contribution in [3.05, 3.63) is 58.7 Å². The van der Waals surface area contributed by atoms with Crippen LogP contribution in [-0.4, -0.2) is 62.1 Å². The molecular weight excluding hydrogens is 396 g/mol. The molecule has 0 aromatic heterocycles.